The van der Waals surface area contributed by atoms with Crippen LogP contribution >= 0.6 is 0 Å². The number of carbonyl (C=O) groups is 2. The maximum atomic E-state index is 13.4. The van der Waals surface area contributed by atoms with Crippen molar-refractivity contribution in [2.75, 3.05) is 24.5 Å². The molecule has 1 fully saturated rings. The van der Waals surface area contributed by atoms with E-state index in [1.807, 2.05) is 59.5 Å². The fourth-order valence-electron chi connectivity index (χ4n) is 3.81. The van der Waals surface area contributed by atoms with Crippen LogP contribution in [-0.2, 0) is 6.54 Å². The third kappa shape index (κ3) is 5.75. The molecule has 2 N–H and O–H groups in total. The van der Waals surface area contributed by atoms with Crippen LogP contribution in [0.3, 0.4) is 0 Å². The molecule has 170 valence electrons. The van der Waals surface area contributed by atoms with Gasteiger partial charge in [-0.1, -0.05) is 18.2 Å². The number of hydrogen-bond acceptors (Lipinski definition) is 5. The Hall–Kier alpha value is -3.71. The number of nitrogens with zero attached hydrogens (tertiary/aromatic N) is 3. The Balaban J connectivity index is 1.55. The van der Waals surface area contributed by atoms with E-state index >= 15 is 0 Å². The zero-order chi connectivity index (χ0) is 23.0. The number of pyridine rings is 1. The summed E-state index contributed by atoms with van der Waals surface area (Å²) in [6.07, 6.45) is 4.69. The molecule has 3 aromatic rings. The molecule has 0 spiro atoms. The van der Waals surface area contributed by atoms with Crippen molar-refractivity contribution < 1.29 is 14.3 Å². The lowest BCUT2D eigenvalue weighted by Crippen LogP contribution is -2.45. The van der Waals surface area contributed by atoms with Gasteiger partial charge in [0.2, 0.25) is 0 Å². The Morgan fingerprint density at radius 1 is 0.909 bits per heavy atom. The molecule has 33 heavy (non-hydrogen) atoms. The molecule has 0 aliphatic carbocycles. The molecule has 0 bridgehead atoms. The normalized spacial score (nSPS) is 13.4. The summed E-state index contributed by atoms with van der Waals surface area (Å²) in [4.78, 5) is 33.2. The highest BCUT2D eigenvalue weighted by atomic mass is 16.5. The van der Waals surface area contributed by atoms with E-state index in [9.17, 15) is 9.59 Å². The largest absolute Gasteiger partial charge is 0.457 e. The Bertz CT molecular complexity index is 1060. The summed E-state index contributed by atoms with van der Waals surface area (Å²) in [5.41, 5.74) is 7.36. The molecular formula is C26H28N4O3. The van der Waals surface area contributed by atoms with Gasteiger partial charge in [-0.2, -0.15) is 0 Å². The highest BCUT2D eigenvalue weighted by Crippen LogP contribution is 2.26. The van der Waals surface area contributed by atoms with Gasteiger partial charge in [0.15, 0.2) is 5.78 Å². The summed E-state index contributed by atoms with van der Waals surface area (Å²) >= 11 is 0. The van der Waals surface area contributed by atoms with Gasteiger partial charge in [0.25, 0.3) is 0 Å². The molecule has 7 heteroatoms. The third-order valence-corrected chi connectivity index (χ3v) is 5.64. The van der Waals surface area contributed by atoms with Crippen LogP contribution in [0.15, 0.2) is 72.9 Å². The highest BCUT2D eigenvalue weighted by molar-refractivity contribution is 5.97. The molecule has 1 aliphatic rings. The predicted molar refractivity (Wildman–Crippen MR) is 128 cm³/mol. The van der Waals surface area contributed by atoms with Crippen LogP contribution in [0.25, 0.3) is 0 Å². The summed E-state index contributed by atoms with van der Waals surface area (Å²) in [6.45, 7) is 1.74. The van der Waals surface area contributed by atoms with E-state index in [1.54, 1.807) is 17.0 Å². The summed E-state index contributed by atoms with van der Waals surface area (Å²) in [5.74, 6) is 1.28. The standard InChI is InChI=1S/C26H28N4O3/c27-17-25(31)20-9-10-21(28-18-20)19-30(26(32)29-15-5-2-6-16-29)22-11-13-24(14-12-22)33-23-7-3-1-4-8-23/h1,3-4,7-14,18H,2,5-6,15-17,19,27H2. The second-order valence-electron chi connectivity index (χ2n) is 7.99. The van der Waals surface area contributed by atoms with Crippen molar-refractivity contribution in [1.82, 2.24) is 9.88 Å². The Morgan fingerprint density at radius 3 is 2.24 bits per heavy atom. The topological polar surface area (TPSA) is 88.8 Å². The monoisotopic (exact) mass is 444 g/mol. The van der Waals surface area contributed by atoms with Gasteiger partial charge in [-0.3, -0.25) is 14.7 Å². The Labute approximate surface area is 193 Å². The lowest BCUT2D eigenvalue weighted by Gasteiger charge is -2.33. The number of rotatable bonds is 7. The van der Waals surface area contributed by atoms with Crippen molar-refractivity contribution in [2.45, 2.75) is 25.8 Å². The van der Waals surface area contributed by atoms with Crippen molar-refractivity contribution in [3.05, 3.63) is 84.2 Å². The maximum absolute atomic E-state index is 13.4. The number of nitrogens with two attached hydrogens (primary N) is 1. The van der Waals surface area contributed by atoms with E-state index in [0.717, 1.165) is 43.8 Å². The van der Waals surface area contributed by atoms with Crippen molar-refractivity contribution >= 4 is 17.5 Å². The van der Waals surface area contributed by atoms with Crippen LogP contribution < -0.4 is 15.4 Å². The first-order valence-electron chi connectivity index (χ1n) is 11.2. The molecule has 7 nitrogen and oxygen atoms in total. The molecule has 0 saturated carbocycles. The number of piperidine rings is 1. The van der Waals surface area contributed by atoms with Gasteiger partial charge in [-0.25, -0.2) is 4.79 Å². The molecule has 2 heterocycles. The van der Waals surface area contributed by atoms with E-state index in [4.69, 9.17) is 10.5 Å². The van der Waals surface area contributed by atoms with Crippen molar-refractivity contribution in [3.8, 4) is 11.5 Å². The van der Waals surface area contributed by atoms with Crippen LogP contribution in [0.5, 0.6) is 11.5 Å². The summed E-state index contributed by atoms with van der Waals surface area (Å²) in [5, 5.41) is 0. The molecule has 4 rings (SSSR count). The van der Waals surface area contributed by atoms with Crippen LogP contribution in [0.1, 0.15) is 35.3 Å². The number of urea groups is 1. The average Bonchev–Trinajstić information content (AvgIpc) is 2.88. The SMILES string of the molecule is NCC(=O)c1ccc(CN(C(=O)N2CCCCC2)c2ccc(Oc3ccccc3)cc2)nc1. The summed E-state index contributed by atoms with van der Waals surface area (Å²) < 4.78 is 5.89. The molecule has 0 atom stereocenters. The predicted octanol–water partition coefficient (Wildman–Crippen LogP) is 4.63. The van der Waals surface area contributed by atoms with Gasteiger partial charge in [-0.05, 0) is 67.8 Å². The quantitative estimate of drug-likeness (QED) is 0.537. The fraction of sp³-hybridized carbons (Fsp3) is 0.269. The number of benzene rings is 2. The van der Waals surface area contributed by atoms with E-state index in [1.165, 1.54) is 6.20 Å². The van der Waals surface area contributed by atoms with E-state index in [2.05, 4.69) is 4.98 Å². The average molecular weight is 445 g/mol. The first-order chi connectivity index (χ1) is 16.1. The number of ether oxygens (including phenoxy) is 1. The number of carbonyl (C=O) groups excluding carboxylic acids is 2. The number of amides is 2. The molecular weight excluding hydrogens is 416 g/mol. The van der Waals surface area contributed by atoms with E-state index in [0.29, 0.717) is 23.6 Å². The number of anilines is 1. The van der Waals surface area contributed by atoms with E-state index < -0.39 is 0 Å². The van der Waals surface area contributed by atoms with Crippen LogP contribution in [0.2, 0.25) is 0 Å². The summed E-state index contributed by atoms with van der Waals surface area (Å²) in [7, 11) is 0. The second-order valence-corrected chi connectivity index (χ2v) is 7.99. The number of likely N-dealkylation sites (tertiary alicyclic amines) is 1. The minimum Gasteiger partial charge on any atom is -0.457 e. The fourth-order valence-corrected chi connectivity index (χ4v) is 3.81. The molecule has 2 aromatic carbocycles. The number of para-hydroxylation sites is 1. The maximum Gasteiger partial charge on any atom is 0.324 e. The van der Waals surface area contributed by atoms with Gasteiger partial charge in [0.1, 0.15) is 11.5 Å². The molecule has 1 aromatic heterocycles. The van der Waals surface area contributed by atoms with Gasteiger partial charge < -0.3 is 15.4 Å². The minimum absolute atomic E-state index is 0.0460. The van der Waals surface area contributed by atoms with E-state index in [-0.39, 0.29) is 18.4 Å². The molecule has 0 unspecified atom stereocenters. The van der Waals surface area contributed by atoms with Crippen molar-refractivity contribution in [3.63, 3.8) is 0 Å². The summed E-state index contributed by atoms with van der Waals surface area (Å²) in [6, 6.07) is 20.5. The zero-order valence-electron chi connectivity index (χ0n) is 18.5. The van der Waals surface area contributed by atoms with Gasteiger partial charge in [-0.15, -0.1) is 0 Å². The van der Waals surface area contributed by atoms with Crippen LogP contribution in [0.4, 0.5) is 10.5 Å². The number of hydrogen-bond donors (Lipinski definition) is 1. The smallest absolute Gasteiger partial charge is 0.324 e. The van der Waals surface area contributed by atoms with Crippen molar-refractivity contribution in [1.29, 1.82) is 0 Å². The number of ketones is 1. The number of aromatic nitrogens is 1. The number of Topliss-reactive ketones (excluding diaryl/α,β-unsaturated/α-hetero) is 1. The molecule has 0 radical (unpaired) electrons. The lowest BCUT2D eigenvalue weighted by atomic mass is 10.1. The highest BCUT2D eigenvalue weighted by Gasteiger charge is 2.24. The van der Waals surface area contributed by atoms with Gasteiger partial charge >= 0.3 is 6.03 Å². The van der Waals surface area contributed by atoms with Crippen LogP contribution in [-0.4, -0.2) is 41.3 Å². The van der Waals surface area contributed by atoms with Gasteiger partial charge in [0.05, 0.1) is 18.8 Å². The van der Waals surface area contributed by atoms with Crippen LogP contribution in [0, 0.1) is 0 Å². The van der Waals surface area contributed by atoms with Gasteiger partial charge in [0, 0.05) is 30.5 Å². The third-order valence-electron chi connectivity index (χ3n) is 5.64. The minimum atomic E-state index is -0.163. The second kappa shape index (κ2) is 10.7. The molecule has 2 amide bonds. The lowest BCUT2D eigenvalue weighted by molar-refractivity contribution is 0.100. The zero-order valence-corrected chi connectivity index (χ0v) is 18.5. The van der Waals surface area contributed by atoms with Crippen molar-refractivity contribution in [2.24, 2.45) is 5.73 Å². The Morgan fingerprint density at radius 2 is 1.61 bits per heavy atom. The Kier molecular flexibility index (Phi) is 7.32. The first kappa shape index (κ1) is 22.5. The molecule has 1 aliphatic heterocycles. The first-order valence-corrected chi connectivity index (χ1v) is 11.2. The molecule has 1 saturated heterocycles.